The number of fused-ring (bicyclic) bond motifs is 1. The Labute approximate surface area is 189 Å². The van der Waals surface area contributed by atoms with E-state index in [1.807, 2.05) is 36.4 Å². The van der Waals surface area contributed by atoms with Crippen molar-refractivity contribution in [3.63, 3.8) is 0 Å². The van der Waals surface area contributed by atoms with Gasteiger partial charge in [-0.1, -0.05) is 18.2 Å². The van der Waals surface area contributed by atoms with Gasteiger partial charge >= 0.3 is 0 Å². The number of carbonyl (C=O) groups excluding carboxylic acids is 1. The summed E-state index contributed by atoms with van der Waals surface area (Å²) in [5, 5.41) is 17.3. The summed E-state index contributed by atoms with van der Waals surface area (Å²) >= 11 is 0. The molecule has 1 aliphatic carbocycles. The van der Waals surface area contributed by atoms with Crippen LogP contribution in [0.25, 0.3) is 0 Å². The first-order valence-corrected chi connectivity index (χ1v) is 10.6. The minimum atomic E-state index is -0.277. The number of carbonyl (C=O) groups is 1. The summed E-state index contributed by atoms with van der Waals surface area (Å²) in [5.41, 5.74) is 11.1. The highest BCUT2D eigenvalue weighted by atomic mass is 16.2. The van der Waals surface area contributed by atoms with Crippen molar-refractivity contribution in [2.75, 3.05) is 21.4 Å². The van der Waals surface area contributed by atoms with Crippen LogP contribution in [-0.2, 0) is 0 Å². The van der Waals surface area contributed by atoms with Crippen molar-refractivity contribution in [3.8, 4) is 0 Å². The van der Waals surface area contributed by atoms with Crippen LogP contribution >= 0.6 is 0 Å². The molecule has 4 aromatic rings. The lowest BCUT2D eigenvalue weighted by Crippen LogP contribution is -2.10. The Balaban J connectivity index is 1.29. The molecule has 0 saturated heterocycles. The van der Waals surface area contributed by atoms with E-state index in [0.717, 1.165) is 22.9 Å². The molecule has 0 spiro atoms. The van der Waals surface area contributed by atoms with Crippen molar-refractivity contribution in [1.29, 1.82) is 0 Å². The Kier molecular flexibility index (Phi) is 4.53. The lowest BCUT2D eigenvalue weighted by molar-refractivity contribution is 0.0969. The van der Waals surface area contributed by atoms with E-state index in [4.69, 9.17) is 0 Å². The van der Waals surface area contributed by atoms with E-state index in [9.17, 15) is 4.79 Å². The highest BCUT2D eigenvalue weighted by Crippen LogP contribution is 2.40. The van der Waals surface area contributed by atoms with Gasteiger partial charge in [-0.2, -0.15) is 10.1 Å². The standard InChI is InChI=1S/C23H20N9O/c33-22-16-9-8-15(10-18(16)30-32-22)26-23-24-12-19(25-14-4-2-1-3-5-14)21(28-23)27-20-11-17(29-31-20)13-6-7-13/h1-5,8-13,25,30H,6-7H2,(H3,24,26,27,28,29,31). The van der Waals surface area contributed by atoms with Crippen LogP contribution in [-0.4, -0.2) is 26.1 Å². The third-order valence-corrected chi connectivity index (χ3v) is 5.47. The van der Waals surface area contributed by atoms with Gasteiger partial charge < -0.3 is 16.0 Å². The number of aromatic amines is 1. The molecule has 5 N–H and O–H groups in total. The van der Waals surface area contributed by atoms with Gasteiger partial charge in [0.1, 0.15) is 11.5 Å². The predicted octanol–water partition coefficient (Wildman–Crippen LogP) is 4.39. The average Bonchev–Trinajstić information content (AvgIpc) is 3.48. The molecule has 2 aromatic carbocycles. The number of benzene rings is 2. The van der Waals surface area contributed by atoms with Gasteiger partial charge in [0.05, 0.1) is 23.1 Å². The third kappa shape index (κ3) is 4.01. The highest BCUT2D eigenvalue weighted by Gasteiger charge is 2.26. The number of aromatic nitrogens is 4. The number of nitrogens with one attached hydrogen (secondary N) is 5. The van der Waals surface area contributed by atoms with Crippen LogP contribution in [0.15, 0.2) is 60.8 Å². The summed E-state index contributed by atoms with van der Waals surface area (Å²) in [6, 6.07) is 17.2. The topological polar surface area (TPSA) is 134 Å². The molecule has 10 nitrogen and oxygen atoms in total. The molecule has 1 radical (unpaired) electrons. The molecule has 33 heavy (non-hydrogen) atoms. The van der Waals surface area contributed by atoms with Crippen LogP contribution in [0.4, 0.5) is 40.3 Å². The predicted molar refractivity (Wildman–Crippen MR) is 125 cm³/mol. The van der Waals surface area contributed by atoms with Gasteiger partial charge in [-0.25, -0.2) is 4.98 Å². The van der Waals surface area contributed by atoms with Crippen molar-refractivity contribution in [3.05, 3.63) is 72.1 Å². The van der Waals surface area contributed by atoms with Crippen molar-refractivity contribution >= 4 is 46.2 Å². The maximum Gasteiger partial charge on any atom is 0.295 e. The van der Waals surface area contributed by atoms with Gasteiger partial charge in [0.2, 0.25) is 5.95 Å². The lowest BCUT2D eigenvalue weighted by Gasteiger charge is -2.14. The second kappa shape index (κ2) is 7.83. The van der Waals surface area contributed by atoms with Crippen LogP contribution < -0.4 is 26.8 Å². The van der Waals surface area contributed by atoms with Crippen molar-refractivity contribution in [2.45, 2.75) is 18.8 Å². The molecule has 1 amide bonds. The maximum atomic E-state index is 11.7. The molecule has 163 valence electrons. The summed E-state index contributed by atoms with van der Waals surface area (Å²) < 4.78 is 0. The molecule has 3 heterocycles. The SMILES string of the molecule is O=C1[N]Nc2cc(Nc3ncc(Nc4ccccc4)c(Nc4cc(C5CC5)n[nH]4)n3)ccc21. The van der Waals surface area contributed by atoms with E-state index in [0.29, 0.717) is 34.6 Å². The second-order valence-electron chi connectivity index (χ2n) is 7.97. The fourth-order valence-corrected chi connectivity index (χ4v) is 3.62. The van der Waals surface area contributed by atoms with Crippen LogP contribution in [0.3, 0.4) is 0 Å². The Morgan fingerprint density at radius 2 is 1.82 bits per heavy atom. The zero-order valence-electron chi connectivity index (χ0n) is 17.5. The summed E-state index contributed by atoms with van der Waals surface area (Å²) in [7, 11) is 0. The minimum Gasteiger partial charge on any atom is -0.351 e. The number of amides is 1. The normalized spacial score (nSPS) is 14.2. The molecule has 1 fully saturated rings. The second-order valence-corrected chi connectivity index (χ2v) is 7.97. The van der Waals surface area contributed by atoms with Gasteiger partial charge in [0.15, 0.2) is 5.82 Å². The molecule has 0 unspecified atom stereocenters. The number of hydrogen-bond donors (Lipinski definition) is 5. The Morgan fingerprint density at radius 3 is 2.67 bits per heavy atom. The zero-order valence-corrected chi connectivity index (χ0v) is 17.5. The molecular formula is C23H20N9O. The molecule has 0 atom stereocenters. The summed E-state index contributed by atoms with van der Waals surface area (Å²) in [6.07, 6.45) is 4.08. The Morgan fingerprint density at radius 1 is 0.939 bits per heavy atom. The van der Waals surface area contributed by atoms with E-state index < -0.39 is 0 Å². The number of para-hydroxylation sites is 1. The lowest BCUT2D eigenvalue weighted by atomic mass is 10.1. The van der Waals surface area contributed by atoms with Gasteiger partial charge in [0.25, 0.3) is 5.91 Å². The largest absolute Gasteiger partial charge is 0.351 e. The van der Waals surface area contributed by atoms with E-state index in [1.165, 1.54) is 12.8 Å². The highest BCUT2D eigenvalue weighted by molar-refractivity contribution is 6.04. The maximum absolute atomic E-state index is 11.7. The van der Waals surface area contributed by atoms with Crippen LogP contribution in [0.5, 0.6) is 0 Å². The van der Waals surface area contributed by atoms with Crippen molar-refractivity contribution < 1.29 is 4.79 Å². The Hall–Kier alpha value is -4.60. The molecule has 0 bridgehead atoms. The summed E-state index contributed by atoms with van der Waals surface area (Å²) in [4.78, 5) is 20.8. The van der Waals surface area contributed by atoms with E-state index in [1.54, 1.807) is 24.4 Å². The van der Waals surface area contributed by atoms with Crippen LogP contribution in [0.2, 0.25) is 0 Å². The monoisotopic (exact) mass is 438 g/mol. The van der Waals surface area contributed by atoms with E-state index >= 15 is 0 Å². The van der Waals surface area contributed by atoms with Crippen molar-refractivity contribution in [1.82, 2.24) is 25.6 Å². The third-order valence-electron chi connectivity index (χ3n) is 5.47. The number of H-pyrrole nitrogens is 1. The van der Waals surface area contributed by atoms with Gasteiger partial charge in [-0.15, -0.1) is 5.43 Å². The molecule has 1 saturated carbocycles. The van der Waals surface area contributed by atoms with Gasteiger partial charge in [0, 0.05) is 23.4 Å². The summed E-state index contributed by atoms with van der Waals surface area (Å²) in [6.45, 7) is 0. The van der Waals surface area contributed by atoms with Gasteiger partial charge in [-0.3, -0.25) is 15.3 Å². The van der Waals surface area contributed by atoms with Gasteiger partial charge in [-0.05, 0) is 43.2 Å². The molecule has 2 aliphatic rings. The van der Waals surface area contributed by atoms with E-state index in [2.05, 4.69) is 47.0 Å². The van der Waals surface area contributed by atoms with Crippen LogP contribution in [0, 0.1) is 0 Å². The molecule has 10 heteroatoms. The van der Waals surface area contributed by atoms with Crippen molar-refractivity contribution in [2.24, 2.45) is 0 Å². The quantitative estimate of drug-likeness (QED) is 0.287. The first-order chi connectivity index (χ1) is 16.2. The molecule has 6 rings (SSSR count). The smallest absolute Gasteiger partial charge is 0.295 e. The molecular weight excluding hydrogens is 418 g/mol. The Bertz CT molecular complexity index is 1330. The number of nitrogens with zero attached hydrogens (tertiary/aromatic N) is 4. The zero-order chi connectivity index (χ0) is 22.2. The fraction of sp³-hybridized carbons (Fsp3) is 0.130. The number of rotatable bonds is 7. The summed E-state index contributed by atoms with van der Waals surface area (Å²) in [5.74, 6) is 2.03. The number of anilines is 7. The fourth-order valence-electron chi connectivity index (χ4n) is 3.62. The molecule has 2 aromatic heterocycles. The van der Waals surface area contributed by atoms with Crippen LogP contribution in [0.1, 0.15) is 34.8 Å². The molecule has 1 aliphatic heterocycles. The average molecular weight is 438 g/mol. The first-order valence-electron chi connectivity index (χ1n) is 10.6. The number of hydrogen-bond acceptors (Lipinski definition) is 8. The minimum absolute atomic E-state index is 0.277. The first kappa shape index (κ1) is 19.1. The van der Waals surface area contributed by atoms with E-state index in [-0.39, 0.29) is 5.91 Å².